The van der Waals surface area contributed by atoms with Gasteiger partial charge in [-0.3, -0.25) is 13.9 Å². The first kappa shape index (κ1) is 28.1. The van der Waals surface area contributed by atoms with Gasteiger partial charge in [-0.05, 0) is 49.2 Å². The minimum absolute atomic E-state index is 0.0471. The smallest absolute Gasteiger partial charge is 0.244 e. The van der Waals surface area contributed by atoms with Crippen LogP contribution in [0.15, 0.2) is 46.9 Å². The summed E-state index contributed by atoms with van der Waals surface area (Å²) in [6.07, 6.45) is 2.64. The Morgan fingerprint density at radius 2 is 1.82 bits per heavy atom. The number of nitrogens with one attached hydrogen (secondary N) is 1. The van der Waals surface area contributed by atoms with Gasteiger partial charge in [-0.25, -0.2) is 12.8 Å². The standard InChI is InChI=1S/C23H28BrClFN3O4S/c1-4-5-12-27-23(31)16(2)28(14-17-6-8-18(24)9-7-17)22(30)15-29(34(3,32)33)19-10-11-21(26)20(25)13-19/h6-11,13,16H,4-5,12,14-15H2,1-3H3,(H,27,31)/t16-/m0/s1. The van der Waals surface area contributed by atoms with Crippen LogP contribution in [-0.2, 0) is 26.2 Å². The van der Waals surface area contributed by atoms with E-state index in [9.17, 15) is 22.4 Å². The second-order valence-electron chi connectivity index (χ2n) is 7.84. The number of amides is 2. The first-order chi connectivity index (χ1) is 15.9. The van der Waals surface area contributed by atoms with Gasteiger partial charge in [0.1, 0.15) is 18.4 Å². The minimum Gasteiger partial charge on any atom is -0.354 e. The van der Waals surface area contributed by atoms with Crippen LogP contribution in [0.1, 0.15) is 32.3 Å². The van der Waals surface area contributed by atoms with Crippen molar-refractivity contribution in [3.05, 3.63) is 63.3 Å². The molecule has 0 fully saturated rings. The molecule has 2 aromatic rings. The van der Waals surface area contributed by atoms with Gasteiger partial charge in [-0.1, -0.05) is 53.0 Å². The van der Waals surface area contributed by atoms with Crippen LogP contribution in [0.4, 0.5) is 10.1 Å². The van der Waals surface area contributed by atoms with E-state index in [1.54, 1.807) is 19.1 Å². The molecule has 34 heavy (non-hydrogen) atoms. The highest BCUT2D eigenvalue weighted by Crippen LogP contribution is 2.25. The molecule has 11 heteroatoms. The fraction of sp³-hybridized carbons (Fsp3) is 0.391. The van der Waals surface area contributed by atoms with Gasteiger partial charge in [-0.15, -0.1) is 0 Å². The molecule has 0 heterocycles. The number of carbonyl (C=O) groups is 2. The molecule has 0 radical (unpaired) electrons. The molecule has 0 aliphatic carbocycles. The van der Waals surface area contributed by atoms with E-state index in [-0.39, 0.29) is 23.2 Å². The van der Waals surface area contributed by atoms with Crippen molar-refractivity contribution in [2.24, 2.45) is 0 Å². The van der Waals surface area contributed by atoms with Gasteiger partial charge in [0.15, 0.2) is 0 Å². The lowest BCUT2D eigenvalue weighted by atomic mass is 10.1. The summed E-state index contributed by atoms with van der Waals surface area (Å²) in [5.41, 5.74) is 0.811. The lowest BCUT2D eigenvalue weighted by Gasteiger charge is -2.31. The molecule has 2 amide bonds. The van der Waals surface area contributed by atoms with Crippen LogP contribution >= 0.6 is 27.5 Å². The van der Waals surface area contributed by atoms with Crippen molar-refractivity contribution in [2.45, 2.75) is 39.3 Å². The molecule has 0 bridgehead atoms. The molecule has 0 aliphatic rings. The fourth-order valence-electron chi connectivity index (χ4n) is 3.16. The van der Waals surface area contributed by atoms with Crippen LogP contribution in [0.25, 0.3) is 0 Å². The van der Waals surface area contributed by atoms with E-state index in [1.165, 1.54) is 11.0 Å². The van der Waals surface area contributed by atoms with E-state index in [4.69, 9.17) is 11.6 Å². The number of anilines is 1. The number of halogens is 3. The summed E-state index contributed by atoms with van der Waals surface area (Å²) in [5, 5.41) is 2.54. The third-order valence-corrected chi connectivity index (χ3v) is 7.09. The maximum absolute atomic E-state index is 13.6. The molecule has 7 nitrogen and oxygen atoms in total. The molecule has 1 N–H and O–H groups in total. The van der Waals surface area contributed by atoms with E-state index in [0.717, 1.165) is 45.6 Å². The van der Waals surface area contributed by atoms with Gasteiger partial charge >= 0.3 is 0 Å². The van der Waals surface area contributed by atoms with Crippen LogP contribution in [0.2, 0.25) is 5.02 Å². The van der Waals surface area contributed by atoms with Crippen LogP contribution in [0.5, 0.6) is 0 Å². The Bertz CT molecular complexity index is 1120. The number of hydrogen-bond donors (Lipinski definition) is 1. The lowest BCUT2D eigenvalue weighted by Crippen LogP contribution is -2.51. The predicted octanol–water partition coefficient (Wildman–Crippen LogP) is 4.34. The van der Waals surface area contributed by atoms with Gasteiger partial charge in [0, 0.05) is 17.6 Å². The van der Waals surface area contributed by atoms with E-state index in [1.807, 2.05) is 19.1 Å². The van der Waals surface area contributed by atoms with Crippen LogP contribution in [0.3, 0.4) is 0 Å². The first-order valence-electron chi connectivity index (χ1n) is 10.7. The Hall–Kier alpha value is -2.17. The number of benzene rings is 2. The highest BCUT2D eigenvalue weighted by Gasteiger charge is 2.30. The molecule has 2 aromatic carbocycles. The quantitative estimate of drug-likeness (QED) is 0.403. The second-order valence-corrected chi connectivity index (χ2v) is 11.1. The Kier molecular flexibility index (Phi) is 10.3. The van der Waals surface area contributed by atoms with Crippen LogP contribution < -0.4 is 9.62 Å². The summed E-state index contributed by atoms with van der Waals surface area (Å²) in [6.45, 7) is 3.59. The highest BCUT2D eigenvalue weighted by molar-refractivity contribution is 9.10. The molecule has 0 aromatic heterocycles. The average Bonchev–Trinajstić information content (AvgIpc) is 2.77. The number of hydrogen-bond acceptors (Lipinski definition) is 4. The molecule has 0 unspecified atom stereocenters. The maximum atomic E-state index is 13.6. The van der Waals surface area contributed by atoms with Crippen molar-refractivity contribution in [3.63, 3.8) is 0 Å². The molecule has 2 rings (SSSR count). The zero-order chi connectivity index (χ0) is 25.5. The number of unbranched alkanes of at least 4 members (excludes halogenated alkanes) is 1. The van der Waals surface area contributed by atoms with Crippen molar-refractivity contribution in [3.8, 4) is 0 Å². The molecule has 0 saturated heterocycles. The molecule has 186 valence electrons. The van der Waals surface area contributed by atoms with Gasteiger partial charge in [-0.2, -0.15) is 0 Å². The summed E-state index contributed by atoms with van der Waals surface area (Å²) < 4.78 is 40.3. The van der Waals surface area contributed by atoms with Crippen LogP contribution in [0, 0.1) is 5.82 Å². The van der Waals surface area contributed by atoms with Crippen molar-refractivity contribution < 1.29 is 22.4 Å². The molecular weight excluding hydrogens is 549 g/mol. The summed E-state index contributed by atoms with van der Waals surface area (Å²) in [7, 11) is -3.92. The van der Waals surface area contributed by atoms with Gasteiger partial charge in [0.25, 0.3) is 0 Å². The third-order valence-electron chi connectivity index (χ3n) is 5.13. The fourth-order valence-corrected chi connectivity index (χ4v) is 4.44. The van der Waals surface area contributed by atoms with Crippen molar-refractivity contribution in [1.82, 2.24) is 10.2 Å². The van der Waals surface area contributed by atoms with Gasteiger partial charge in [0.05, 0.1) is 17.0 Å². The van der Waals surface area contributed by atoms with Crippen molar-refractivity contribution >= 4 is 55.1 Å². The van der Waals surface area contributed by atoms with Crippen LogP contribution in [-0.4, -0.2) is 50.5 Å². The largest absolute Gasteiger partial charge is 0.354 e. The lowest BCUT2D eigenvalue weighted by molar-refractivity contribution is -0.139. The summed E-state index contributed by atoms with van der Waals surface area (Å²) >= 11 is 9.19. The number of rotatable bonds is 11. The number of carbonyl (C=O) groups excluding carboxylic acids is 2. The third kappa shape index (κ3) is 7.95. The molecule has 0 aliphatic heterocycles. The Morgan fingerprint density at radius 3 is 2.38 bits per heavy atom. The monoisotopic (exact) mass is 575 g/mol. The molecule has 1 atom stereocenters. The first-order valence-corrected chi connectivity index (χ1v) is 13.7. The normalized spacial score (nSPS) is 12.2. The van der Waals surface area contributed by atoms with Gasteiger partial charge in [0.2, 0.25) is 21.8 Å². The summed E-state index contributed by atoms with van der Waals surface area (Å²) in [5.74, 6) is -1.64. The summed E-state index contributed by atoms with van der Waals surface area (Å²) in [4.78, 5) is 27.5. The Morgan fingerprint density at radius 1 is 1.18 bits per heavy atom. The predicted molar refractivity (Wildman–Crippen MR) is 136 cm³/mol. The SMILES string of the molecule is CCCCNC(=O)[C@H](C)N(Cc1ccc(Br)cc1)C(=O)CN(c1ccc(F)c(Cl)c1)S(C)(=O)=O. The Balaban J connectivity index is 2.35. The zero-order valence-corrected chi connectivity index (χ0v) is 22.4. The Labute approximate surface area is 213 Å². The average molecular weight is 577 g/mol. The highest BCUT2D eigenvalue weighted by atomic mass is 79.9. The summed E-state index contributed by atoms with van der Waals surface area (Å²) in [6, 6.07) is 9.79. The topological polar surface area (TPSA) is 86.8 Å². The maximum Gasteiger partial charge on any atom is 0.244 e. The molecule has 0 saturated carbocycles. The zero-order valence-electron chi connectivity index (χ0n) is 19.2. The van der Waals surface area contributed by atoms with E-state index >= 15 is 0 Å². The van der Waals surface area contributed by atoms with Crippen molar-refractivity contribution in [1.29, 1.82) is 0 Å². The second kappa shape index (κ2) is 12.5. The van der Waals surface area contributed by atoms with E-state index in [0.29, 0.717) is 6.54 Å². The van der Waals surface area contributed by atoms with Gasteiger partial charge < -0.3 is 10.2 Å². The van der Waals surface area contributed by atoms with E-state index in [2.05, 4.69) is 21.2 Å². The number of sulfonamides is 1. The minimum atomic E-state index is -3.92. The molecule has 0 spiro atoms. The number of nitrogens with zero attached hydrogens (tertiary/aromatic N) is 2. The molecular formula is C23H28BrClFN3O4S. The van der Waals surface area contributed by atoms with E-state index < -0.39 is 34.3 Å². The van der Waals surface area contributed by atoms with Crippen molar-refractivity contribution in [2.75, 3.05) is 23.7 Å².